The number of rotatable bonds is 6. The van der Waals surface area contributed by atoms with Gasteiger partial charge in [-0.05, 0) is 38.3 Å². The first-order valence-electron chi connectivity index (χ1n) is 9.51. The second-order valence-corrected chi connectivity index (χ2v) is 8.20. The van der Waals surface area contributed by atoms with Crippen molar-refractivity contribution in [2.75, 3.05) is 26.7 Å². The first-order chi connectivity index (χ1) is 13.1. The molecule has 0 unspecified atom stereocenters. The fourth-order valence-electron chi connectivity index (χ4n) is 3.66. The quantitative estimate of drug-likeness (QED) is 0.653. The van der Waals surface area contributed by atoms with Gasteiger partial charge < -0.3 is 9.80 Å². The van der Waals surface area contributed by atoms with Crippen LogP contribution in [0, 0.1) is 0 Å². The molecule has 8 heteroatoms. The van der Waals surface area contributed by atoms with E-state index in [2.05, 4.69) is 32.6 Å². The van der Waals surface area contributed by atoms with Crippen LogP contribution in [-0.4, -0.2) is 61.6 Å². The van der Waals surface area contributed by atoms with Crippen molar-refractivity contribution >= 4 is 22.2 Å². The zero-order chi connectivity index (χ0) is 18.8. The number of carbonyl (C=O) groups excluding carboxylic acids is 1. The summed E-state index contributed by atoms with van der Waals surface area (Å²) in [4.78, 5) is 22.9. The van der Waals surface area contributed by atoms with Crippen LogP contribution in [0.1, 0.15) is 41.0 Å². The Morgan fingerprint density at radius 1 is 1.30 bits per heavy atom. The van der Waals surface area contributed by atoms with Gasteiger partial charge in [-0.15, -0.1) is 11.3 Å². The Labute approximate surface area is 163 Å². The molecule has 144 valence electrons. The summed E-state index contributed by atoms with van der Waals surface area (Å²) in [5, 5.41) is 6.25. The number of hydrogen-bond donors (Lipinski definition) is 0. The molecule has 1 saturated heterocycles. The zero-order valence-corrected chi connectivity index (χ0v) is 16.8. The van der Waals surface area contributed by atoms with E-state index in [0.29, 0.717) is 12.2 Å². The zero-order valence-electron chi connectivity index (χ0n) is 16.0. The molecule has 7 nitrogen and oxygen atoms in total. The van der Waals surface area contributed by atoms with Crippen LogP contribution < -0.4 is 0 Å². The van der Waals surface area contributed by atoms with Gasteiger partial charge in [0, 0.05) is 51.0 Å². The van der Waals surface area contributed by atoms with Crippen LogP contribution in [0.25, 0.3) is 4.96 Å². The Kier molecular flexibility index (Phi) is 5.27. The predicted octanol–water partition coefficient (Wildman–Crippen LogP) is 2.43. The summed E-state index contributed by atoms with van der Waals surface area (Å²) < 4.78 is 3.90. The van der Waals surface area contributed by atoms with E-state index < -0.39 is 0 Å². The molecule has 4 heterocycles. The van der Waals surface area contributed by atoms with Crippen LogP contribution in [0.5, 0.6) is 0 Å². The molecule has 1 aliphatic rings. The second-order valence-electron chi connectivity index (χ2n) is 7.33. The lowest BCUT2D eigenvalue weighted by atomic mass is 10.1. The maximum Gasteiger partial charge on any atom is 0.274 e. The number of nitrogens with zero attached hydrogens (tertiary/aromatic N) is 6. The fraction of sp³-hybridized carbons (Fsp3) is 0.526. The summed E-state index contributed by atoms with van der Waals surface area (Å²) in [6.45, 7) is 3.30. The van der Waals surface area contributed by atoms with Crippen LogP contribution in [-0.2, 0) is 20.0 Å². The first kappa shape index (κ1) is 18.2. The number of likely N-dealkylation sites (N-methyl/N-ethyl adjacent to an activating group) is 1. The molecule has 0 atom stereocenters. The van der Waals surface area contributed by atoms with Crippen LogP contribution in [0.3, 0.4) is 0 Å². The van der Waals surface area contributed by atoms with E-state index in [9.17, 15) is 4.79 Å². The number of fused-ring (bicyclic) bond motifs is 1. The van der Waals surface area contributed by atoms with Crippen molar-refractivity contribution < 1.29 is 4.79 Å². The number of aryl methyl sites for hydroxylation is 1. The Balaban J connectivity index is 1.51. The van der Waals surface area contributed by atoms with E-state index in [-0.39, 0.29) is 5.91 Å². The second kappa shape index (κ2) is 7.82. The van der Waals surface area contributed by atoms with Gasteiger partial charge in [-0.25, -0.2) is 4.98 Å². The van der Waals surface area contributed by atoms with Gasteiger partial charge in [0.1, 0.15) is 0 Å². The van der Waals surface area contributed by atoms with Crippen molar-refractivity contribution in [2.24, 2.45) is 7.05 Å². The maximum atomic E-state index is 13.1. The Morgan fingerprint density at radius 2 is 2.11 bits per heavy atom. The van der Waals surface area contributed by atoms with Gasteiger partial charge in [0.2, 0.25) is 0 Å². The van der Waals surface area contributed by atoms with Crippen molar-refractivity contribution in [3.05, 3.63) is 40.9 Å². The van der Waals surface area contributed by atoms with Gasteiger partial charge in [0.25, 0.3) is 5.91 Å². The lowest BCUT2D eigenvalue weighted by Crippen LogP contribution is -2.36. The Bertz CT molecular complexity index is 920. The molecule has 0 aliphatic carbocycles. The van der Waals surface area contributed by atoms with E-state index in [4.69, 9.17) is 0 Å². The third kappa shape index (κ3) is 3.91. The molecule has 3 aromatic heterocycles. The van der Waals surface area contributed by atoms with Gasteiger partial charge in [0.05, 0.1) is 11.9 Å². The average molecular weight is 387 g/mol. The third-order valence-corrected chi connectivity index (χ3v) is 5.92. The molecule has 4 rings (SSSR count). The third-order valence-electron chi connectivity index (χ3n) is 5.17. The molecule has 0 saturated carbocycles. The number of aromatic nitrogens is 4. The highest BCUT2D eigenvalue weighted by atomic mass is 32.1. The molecule has 0 radical (unpaired) electrons. The molecule has 1 fully saturated rings. The minimum Gasteiger partial charge on any atom is -0.337 e. The van der Waals surface area contributed by atoms with Crippen LogP contribution in [0.2, 0.25) is 0 Å². The summed E-state index contributed by atoms with van der Waals surface area (Å²) in [5.41, 5.74) is 2.84. The molecule has 0 aromatic carbocycles. The number of hydrogen-bond acceptors (Lipinski definition) is 5. The van der Waals surface area contributed by atoms with E-state index in [1.807, 2.05) is 34.4 Å². The average Bonchev–Trinajstić information content (AvgIpc) is 3.38. The van der Waals surface area contributed by atoms with Gasteiger partial charge in [0.15, 0.2) is 10.7 Å². The smallest absolute Gasteiger partial charge is 0.274 e. The van der Waals surface area contributed by atoms with Gasteiger partial charge in [-0.1, -0.05) is 0 Å². The summed E-state index contributed by atoms with van der Waals surface area (Å²) in [5.74, 6) is 0.0845. The number of likely N-dealkylation sites (tertiary alicyclic amines) is 1. The molecule has 3 aromatic rings. The van der Waals surface area contributed by atoms with Crippen molar-refractivity contribution in [2.45, 2.75) is 32.2 Å². The highest BCUT2D eigenvalue weighted by Gasteiger charge is 2.26. The summed E-state index contributed by atoms with van der Waals surface area (Å²) >= 11 is 1.58. The normalized spacial score (nSPS) is 15.1. The van der Waals surface area contributed by atoms with Crippen molar-refractivity contribution in [3.63, 3.8) is 0 Å². The van der Waals surface area contributed by atoms with Crippen molar-refractivity contribution in [1.29, 1.82) is 0 Å². The van der Waals surface area contributed by atoms with Crippen molar-refractivity contribution in [1.82, 2.24) is 29.0 Å². The molecule has 0 N–H and O–H groups in total. The molecule has 0 bridgehead atoms. The number of carbonyl (C=O) groups is 1. The fourth-order valence-corrected chi connectivity index (χ4v) is 4.39. The molecule has 1 aliphatic heterocycles. The maximum absolute atomic E-state index is 13.1. The van der Waals surface area contributed by atoms with Gasteiger partial charge in [-0.3, -0.25) is 13.9 Å². The monoisotopic (exact) mass is 386 g/mol. The molecule has 27 heavy (non-hydrogen) atoms. The number of thiazole rings is 1. The Hall–Kier alpha value is -2.19. The number of imidazole rings is 1. The summed E-state index contributed by atoms with van der Waals surface area (Å²) in [6.07, 6.45) is 10.3. The largest absolute Gasteiger partial charge is 0.337 e. The summed E-state index contributed by atoms with van der Waals surface area (Å²) in [7, 11) is 4.03. The molecule has 0 spiro atoms. The van der Waals surface area contributed by atoms with Crippen LogP contribution in [0.4, 0.5) is 0 Å². The van der Waals surface area contributed by atoms with E-state index in [0.717, 1.165) is 49.6 Å². The predicted molar refractivity (Wildman–Crippen MR) is 106 cm³/mol. The molecular weight excluding hydrogens is 360 g/mol. The van der Waals surface area contributed by atoms with Crippen LogP contribution in [0.15, 0.2) is 24.0 Å². The minimum absolute atomic E-state index is 0.0845. The van der Waals surface area contributed by atoms with Gasteiger partial charge in [-0.2, -0.15) is 5.10 Å². The van der Waals surface area contributed by atoms with E-state index >= 15 is 0 Å². The lowest BCUT2D eigenvalue weighted by molar-refractivity contribution is 0.0717. The van der Waals surface area contributed by atoms with E-state index in [1.54, 1.807) is 11.3 Å². The SMILES string of the molecule is CN(CCc1cnn(C)c1)Cc1c(C(=O)N2CCCCC2)nc2sccn12. The van der Waals surface area contributed by atoms with Gasteiger partial charge >= 0.3 is 0 Å². The summed E-state index contributed by atoms with van der Waals surface area (Å²) in [6, 6.07) is 0. The molecular formula is C19H26N6OS. The highest BCUT2D eigenvalue weighted by Crippen LogP contribution is 2.22. The number of amides is 1. The Morgan fingerprint density at radius 3 is 2.85 bits per heavy atom. The van der Waals surface area contributed by atoms with Crippen molar-refractivity contribution in [3.8, 4) is 0 Å². The highest BCUT2D eigenvalue weighted by molar-refractivity contribution is 7.15. The first-order valence-corrected chi connectivity index (χ1v) is 10.4. The molecule has 1 amide bonds. The number of piperidine rings is 1. The van der Waals surface area contributed by atoms with E-state index in [1.165, 1.54) is 12.0 Å². The standard InChI is InChI=1S/C19H26N6OS/c1-22(9-6-15-12-20-23(2)13-15)14-16-17(21-19-25(16)10-11-27-19)18(26)24-7-4-3-5-8-24/h10-13H,3-9,14H2,1-2H3. The minimum atomic E-state index is 0.0845. The lowest BCUT2D eigenvalue weighted by Gasteiger charge is -2.26. The van der Waals surface area contributed by atoms with Crippen LogP contribution >= 0.6 is 11.3 Å². The topological polar surface area (TPSA) is 58.7 Å².